The van der Waals surface area contributed by atoms with E-state index in [1.165, 1.54) is 10.8 Å². The number of carbonyl (C=O) groups excluding carboxylic acids is 1. The Labute approximate surface area is 109 Å². The molecule has 0 aliphatic carbocycles. The summed E-state index contributed by atoms with van der Waals surface area (Å²) in [4.78, 5) is 23.8. The predicted octanol–water partition coefficient (Wildman–Crippen LogP) is 0.777. The van der Waals surface area contributed by atoms with Crippen molar-refractivity contribution in [2.24, 2.45) is 0 Å². The highest BCUT2D eigenvalue weighted by Crippen LogP contribution is 2.16. The van der Waals surface area contributed by atoms with Crippen molar-refractivity contribution in [3.8, 4) is 5.75 Å². The van der Waals surface area contributed by atoms with Crippen LogP contribution in [0, 0.1) is 0 Å². The fraction of sp³-hybridized carbons (Fsp3) is 0.143. The SMILES string of the molecule is O=C(c1ccccc1)c1c(O)c(=O)ccn1CCO. The minimum atomic E-state index is -0.617. The number of hydrogen-bond donors (Lipinski definition) is 2. The normalized spacial score (nSPS) is 10.4. The molecule has 0 amide bonds. The van der Waals surface area contributed by atoms with Gasteiger partial charge in [-0.3, -0.25) is 9.59 Å². The molecule has 1 aromatic carbocycles. The number of ketones is 1. The van der Waals surface area contributed by atoms with Crippen LogP contribution in [0.2, 0.25) is 0 Å². The summed E-state index contributed by atoms with van der Waals surface area (Å²) in [7, 11) is 0. The molecule has 2 aromatic rings. The van der Waals surface area contributed by atoms with Crippen molar-refractivity contribution >= 4 is 5.78 Å². The molecule has 19 heavy (non-hydrogen) atoms. The Hall–Kier alpha value is -2.40. The molecular formula is C14H13NO4. The van der Waals surface area contributed by atoms with Crippen molar-refractivity contribution in [2.75, 3.05) is 6.61 Å². The maximum atomic E-state index is 12.3. The molecule has 5 nitrogen and oxygen atoms in total. The summed E-state index contributed by atoms with van der Waals surface area (Å²) < 4.78 is 1.37. The molecule has 0 aliphatic heterocycles. The van der Waals surface area contributed by atoms with Gasteiger partial charge in [-0.05, 0) is 0 Å². The second-order valence-corrected chi connectivity index (χ2v) is 3.99. The van der Waals surface area contributed by atoms with Gasteiger partial charge >= 0.3 is 0 Å². The monoisotopic (exact) mass is 259 g/mol. The van der Waals surface area contributed by atoms with Crippen LogP contribution in [-0.4, -0.2) is 27.2 Å². The van der Waals surface area contributed by atoms with E-state index < -0.39 is 17.0 Å². The highest BCUT2D eigenvalue weighted by Gasteiger charge is 2.19. The van der Waals surface area contributed by atoms with Crippen LogP contribution in [-0.2, 0) is 6.54 Å². The van der Waals surface area contributed by atoms with E-state index in [0.717, 1.165) is 6.07 Å². The average molecular weight is 259 g/mol. The number of aromatic hydroxyl groups is 1. The van der Waals surface area contributed by atoms with Gasteiger partial charge in [0.25, 0.3) is 0 Å². The largest absolute Gasteiger partial charge is 0.503 e. The molecule has 0 bridgehead atoms. The molecule has 0 saturated heterocycles. The zero-order valence-corrected chi connectivity index (χ0v) is 10.1. The number of carbonyl (C=O) groups is 1. The molecule has 1 aromatic heterocycles. The highest BCUT2D eigenvalue weighted by molar-refractivity contribution is 6.09. The van der Waals surface area contributed by atoms with Crippen molar-refractivity contribution in [3.05, 3.63) is 64.1 Å². The van der Waals surface area contributed by atoms with Crippen molar-refractivity contribution < 1.29 is 15.0 Å². The zero-order valence-electron chi connectivity index (χ0n) is 10.1. The fourth-order valence-electron chi connectivity index (χ4n) is 1.82. The van der Waals surface area contributed by atoms with Gasteiger partial charge in [-0.25, -0.2) is 0 Å². The maximum absolute atomic E-state index is 12.3. The lowest BCUT2D eigenvalue weighted by Crippen LogP contribution is -2.19. The van der Waals surface area contributed by atoms with Gasteiger partial charge in [0.15, 0.2) is 5.75 Å². The molecule has 0 aliphatic rings. The Bertz CT molecular complexity index is 646. The smallest absolute Gasteiger partial charge is 0.223 e. The van der Waals surface area contributed by atoms with Crippen LogP contribution < -0.4 is 5.43 Å². The Morgan fingerprint density at radius 3 is 2.47 bits per heavy atom. The molecule has 2 rings (SSSR count). The first-order chi connectivity index (χ1) is 9.15. The Balaban J connectivity index is 2.57. The van der Waals surface area contributed by atoms with E-state index in [2.05, 4.69) is 0 Å². The van der Waals surface area contributed by atoms with E-state index in [1.54, 1.807) is 30.3 Å². The lowest BCUT2D eigenvalue weighted by molar-refractivity contribution is 0.102. The van der Waals surface area contributed by atoms with Crippen LogP contribution in [0.4, 0.5) is 0 Å². The maximum Gasteiger partial charge on any atom is 0.223 e. The van der Waals surface area contributed by atoms with Crippen LogP contribution in [0.1, 0.15) is 16.1 Å². The molecule has 0 spiro atoms. The number of aliphatic hydroxyl groups excluding tert-OH is 1. The van der Waals surface area contributed by atoms with E-state index in [-0.39, 0.29) is 18.8 Å². The topological polar surface area (TPSA) is 79.5 Å². The van der Waals surface area contributed by atoms with Crippen molar-refractivity contribution in [2.45, 2.75) is 6.54 Å². The molecule has 0 saturated carbocycles. The molecule has 0 unspecified atom stereocenters. The standard InChI is InChI=1S/C14H13NO4/c16-9-8-15-7-6-11(17)14(19)12(15)13(18)10-4-2-1-3-5-10/h1-7,16,19H,8-9H2. The highest BCUT2D eigenvalue weighted by atomic mass is 16.3. The van der Waals surface area contributed by atoms with Crippen molar-refractivity contribution in [1.82, 2.24) is 4.57 Å². The van der Waals surface area contributed by atoms with Crippen LogP contribution in [0.25, 0.3) is 0 Å². The van der Waals surface area contributed by atoms with Crippen LogP contribution in [0.3, 0.4) is 0 Å². The number of pyridine rings is 1. The van der Waals surface area contributed by atoms with Gasteiger partial charge in [0.2, 0.25) is 11.2 Å². The third kappa shape index (κ3) is 2.56. The number of aliphatic hydroxyl groups is 1. The minimum Gasteiger partial charge on any atom is -0.503 e. The first-order valence-corrected chi connectivity index (χ1v) is 5.78. The van der Waals surface area contributed by atoms with Crippen molar-refractivity contribution in [1.29, 1.82) is 0 Å². The molecular weight excluding hydrogens is 246 g/mol. The Morgan fingerprint density at radius 2 is 1.84 bits per heavy atom. The van der Waals surface area contributed by atoms with Gasteiger partial charge in [0.1, 0.15) is 5.69 Å². The van der Waals surface area contributed by atoms with Gasteiger partial charge in [-0.15, -0.1) is 0 Å². The van der Waals surface area contributed by atoms with Gasteiger partial charge in [-0.2, -0.15) is 0 Å². The number of nitrogens with zero attached hydrogens (tertiary/aromatic N) is 1. The van der Waals surface area contributed by atoms with Gasteiger partial charge < -0.3 is 14.8 Å². The van der Waals surface area contributed by atoms with E-state index in [0.29, 0.717) is 5.56 Å². The van der Waals surface area contributed by atoms with E-state index in [9.17, 15) is 14.7 Å². The second kappa shape index (κ2) is 5.49. The van der Waals surface area contributed by atoms with Gasteiger partial charge in [0.05, 0.1) is 6.61 Å². The third-order valence-electron chi connectivity index (χ3n) is 2.74. The number of rotatable bonds is 4. The lowest BCUT2D eigenvalue weighted by Gasteiger charge is -2.12. The van der Waals surface area contributed by atoms with Crippen molar-refractivity contribution in [3.63, 3.8) is 0 Å². The van der Waals surface area contributed by atoms with E-state index in [4.69, 9.17) is 5.11 Å². The minimum absolute atomic E-state index is 0.104. The average Bonchev–Trinajstić information content (AvgIpc) is 2.44. The lowest BCUT2D eigenvalue weighted by atomic mass is 10.1. The molecule has 1 heterocycles. The fourth-order valence-corrected chi connectivity index (χ4v) is 1.82. The molecule has 2 N–H and O–H groups in total. The number of aromatic nitrogens is 1. The summed E-state index contributed by atoms with van der Waals surface area (Å²) in [5.41, 5.74) is -0.351. The van der Waals surface area contributed by atoms with Crippen LogP contribution in [0.5, 0.6) is 5.75 Å². The zero-order chi connectivity index (χ0) is 13.8. The summed E-state index contributed by atoms with van der Waals surface area (Å²) in [5.74, 6) is -1.05. The first kappa shape index (κ1) is 13.0. The summed E-state index contributed by atoms with van der Waals surface area (Å²) in [6.45, 7) is -0.0703. The number of benzene rings is 1. The molecule has 0 radical (unpaired) electrons. The second-order valence-electron chi connectivity index (χ2n) is 3.99. The van der Waals surface area contributed by atoms with E-state index in [1.807, 2.05) is 0 Å². The summed E-state index contributed by atoms with van der Waals surface area (Å²) >= 11 is 0. The van der Waals surface area contributed by atoms with E-state index >= 15 is 0 Å². The summed E-state index contributed by atoms with van der Waals surface area (Å²) in [6, 6.07) is 9.52. The van der Waals surface area contributed by atoms with Crippen LogP contribution >= 0.6 is 0 Å². The summed E-state index contributed by atoms with van der Waals surface area (Å²) in [6.07, 6.45) is 1.38. The molecule has 98 valence electrons. The Morgan fingerprint density at radius 1 is 1.16 bits per heavy atom. The first-order valence-electron chi connectivity index (χ1n) is 5.78. The van der Waals surface area contributed by atoms with Gasteiger partial charge in [-0.1, -0.05) is 30.3 Å². The quantitative estimate of drug-likeness (QED) is 0.795. The van der Waals surface area contributed by atoms with Gasteiger partial charge in [0, 0.05) is 24.4 Å². The summed E-state index contributed by atoms with van der Waals surface area (Å²) in [5, 5.41) is 18.8. The van der Waals surface area contributed by atoms with Crippen LogP contribution in [0.15, 0.2) is 47.4 Å². The molecule has 5 heteroatoms. The Kier molecular flexibility index (Phi) is 3.77. The number of hydrogen-bond acceptors (Lipinski definition) is 4. The third-order valence-corrected chi connectivity index (χ3v) is 2.74. The molecule has 0 atom stereocenters. The predicted molar refractivity (Wildman–Crippen MR) is 69.3 cm³/mol. The molecule has 0 fully saturated rings.